The molecule has 1 aliphatic heterocycles. The Morgan fingerprint density at radius 3 is 2.53 bits per heavy atom. The molecule has 2 aromatic heterocycles. The number of nitrogens with zero attached hydrogens (tertiary/aromatic N) is 2. The Bertz CT molecular complexity index is 1620. The fraction of sp³-hybridized carbons (Fsp3) is 0.375. The quantitative estimate of drug-likeness (QED) is 0.212. The third-order valence-electron chi connectivity index (χ3n) is 6.32. The molecule has 3 aromatic rings. The number of carbonyl (C=O) groups excluding carboxylic acids is 2. The van der Waals surface area contributed by atoms with E-state index in [-0.39, 0.29) is 40.5 Å². The molecule has 3 heterocycles. The van der Waals surface area contributed by atoms with Crippen molar-refractivity contribution in [3.63, 3.8) is 0 Å². The number of ether oxygens (including phenoxy) is 1. The highest BCUT2D eigenvalue weighted by atomic mass is 127. The molecule has 0 saturated carbocycles. The number of esters is 1. The smallest absolute Gasteiger partial charge is 0.412 e. The predicted molar refractivity (Wildman–Crippen MR) is 150 cm³/mol. The number of carbonyl (C=O) groups is 2. The van der Waals surface area contributed by atoms with Crippen molar-refractivity contribution < 1.29 is 35.6 Å². The van der Waals surface area contributed by atoms with Gasteiger partial charge in [0, 0.05) is 12.1 Å². The van der Waals surface area contributed by atoms with E-state index in [4.69, 9.17) is 10.2 Å². The fourth-order valence-corrected chi connectivity index (χ4v) is 8.25. The summed E-state index contributed by atoms with van der Waals surface area (Å²) in [7, 11) is -6.95. The Labute approximate surface area is 233 Å². The van der Waals surface area contributed by atoms with Crippen molar-refractivity contribution in [3.05, 3.63) is 45.0 Å². The van der Waals surface area contributed by atoms with Gasteiger partial charge in [-0.05, 0) is 61.3 Å². The van der Waals surface area contributed by atoms with Gasteiger partial charge in [0.25, 0.3) is 0 Å². The van der Waals surface area contributed by atoms with Gasteiger partial charge < -0.3 is 14.9 Å². The zero-order valence-corrected chi connectivity index (χ0v) is 24.4. The van der Waals surface area contributed by atoms with Crippen LogP contribution >= 0.6 is 22.6 Å². The average molecular weight is 676 g/mol. The molecule has 14 heteroatoms. The first-order valence-electron chi connectivity index (χ1n) is 11.7. The number of sulfonamides is 1. The molecule has 1 amide bonds. The van der Waals surface area contributed by atoms with Crippen LogP contribution < -0.4 is 10.0 Å². The second kappa shape index (κ2) is 10.8. The Balaban J connectivity index is 1.76. The van der Waals surface area contributed by atoms with Crippen LogP contribution in [0.1, 0.15) is 41.6 Å². The lowest BCUT2D eigenvalue weighted by Gasteiger charge is -2.23. The van der Waals surface area contributed by atoms with Crippen LogP contribution in [-0.4, -0.2) is 57.7 Å². The van der Waals surface area contributed by atoms with E-state index in [0.717, 1.165) is 16.1 Å². The third-order valence-corrected chi connectivity index (χ3v) is 10.6. The molecule has 204 valence electrons. The van der Waals surface area contributed by atoms with Gasteiger partial charge in [0.15, 0.2) is 21.4 Å². The number of furan rings is 1. The van der Waals surface area contributed by atoms with Crippen LogP contribution in [0.15, 0.2) is 34.7 Å². The van der Waals surface area contributed by atoms with Gasteiger partial charge in [-0.1, -0.05) is 29.8 Å². The number of rotatable bonds is 8. The summed E-state index contributed by atoms with van der Waals surface area (Å²) in [5, 5.41) is -0.259. The minimum absolute atomic E-state index is 0.0153. The van der Waals surface area contributed by atoms with Crippen LogP contribution in [0, 0.1) is 10.5 Å². The SMILES string of the molecule is Cc1ccc(-c2oc3nc(N(CCCC4CCCS4(=O)=O)S(C)(=O)=O)c(I)cc3c2C(=O)OC(N)=O)cc1. The molecule has 1 saturated heterocycles. The van der Waals surface area contributed by atoms with Crippen LogP contribution in [0.3, 0.4) is 0 Å². The van der Waals surface area contributed by atoms with Crippen molar-refractivity contribution in [2.75, 3.05) is 22.9 Å². The summed E-state index contributed by atoms with van der Waals surface area (Å²) in [5.41, 5.74) is 6.43. The normalized spacial score (nSPS) is 17.0. The molecule has 1 atom stereocenters. The zero-order chi connectivity index (χ0) is 27.8. The van der Waals surface area contributed by atoms with Gasteiger partial charge in [0.05, 0.1) is 26.2 Å². The van der Waals surface area contributed by atoms with Crippen LogP contribution in [-0.2, 0) is 24.6 Å². The molecule has 0 radical (unpaired) electrons. The monoisotopic (exact) mass is 675 g/mol. The number of anilines is 1. The molecule has 1 aromatic carbocycles. The Morgan fingerprint density at radius 1 is 1.26 bits per heavy atom. The number of nitrogens with two attached hydrogens (primary N) is 1. The van der Waals surface area contributed by atoms with Crippen molar-refractivity contribution >= 4 is 71.4 Å². The standard InChI is InChI=1S/C24H26IN3O8S2/c1-14-7-9-15(10-8-14)20-19(23(29)36-24(26)30)17-13-18(25)21(27-22(17)35-20)28(37(2,31)32)11-3-5-16-6-4-12-38(16,33)34/h7-10,13,16H,3-6,11-12H2,1-2H3,(H2,26,30). The Hall–Kier alpha value is -2.72. The molecular weight excluding hydrogens is 649 g/mol. The summed E-state index contributed by atoms with van der Waals surface area (Å²) in [4.78, 5) is 28.6. The van der Waals surface area contributed by atoms with E-state index in [1.165, 1.54) is 6.07 Å². The molecule has 0 bridgehead atoms. The van der Waals surface area contributed by atoms with Gasteiger partial charge in [0.1, 0.15) is 5.56 Å². The minimum atomic E-state index is -3.80. The van der Waals surface area contributed by atoms with Crippen molar-refractivity contribution in [3.8, 4) is 11.3 Å². The number of hydrogen-bond acceptors (Lipinski definition) is 9. The fourth-order valence-electron chi connectivity index (χ4n) is 4.49. The number of hydrogen-bond donors (Lipinski definition) is 1. The van der Waals surface area contributed by atoms with Gasteiger partial charge in [-0.25, -0.2) is 26.4 Å². The Kier molecular flexibility index (Phi) is 8.04. The first-order valence-corrected chi connectivity index (χ1v) is 16.3. The van der Waals surface area contributed by atoms with E-state index in [9.17, 15) is 26.4 Å². The topological polar surface area (TPSA) is 167 Å². The molecule has 0 aliphatic carbocycles. The van der Waals surface area contributed by atoms with E-state index >= 15 is 0 Å². The molecule has 2 N–H and O–H groups in total. The molecule has 0 spiro atoms. The van der Waals surface area contributed by atoms with Crippen LogP contribution in [0.5, 0.6) is 0 Å². The first kappa shape index (κ1) is 28.3. The summed E-state index contributed by atoms with van der Waals surface area (Å²) < 4.78 is 61.9. The molecular formula is C24H26IN3O8S2. The highest BCUT2D eigenvalue weighted by Crippen LogP contribution is 2.37. The molecule has 11 nitrogen and oxygen atoms in total. The minimum Gasteiger partial charge on any atom is -0.437 e. The number of aryl methyl sites for hydroxylation is 1. The van der Waals surface area contributed by atoms with Gasteiger partial charge in [-0.2, -0.15) is 4.98 Å². The van der Waals surface area contributed by atoms with Gasteiger partial charge in [0.2, 0.25) is 15.7 Å². The zero-order valence-electron chi connectivity index (χ0n) is 20.6. The van der Waals surface area contributed by atoms with E-state index in [2.05, 4.69) is 9.72 Å². The van der Waals surface area contributed by atoms with E-state index in [1.54, 1.807) is 12.1 Å². The van der Waals surface area contributed by atoms with Crippen LogP contribution in [0.25, 0.3) is 22.4 Å². The average Bonchev–Trinajstić information content (AvgIpc) is 3.34. The summed E-state index contributed by atoms with van der Waals surface area (Å²) in [6.45, 7) is 1.91. The number of pyridine rings is 1. The highest BCUT2D eigenvalue weighted by Gasteiger charge is 2.32. The summed E-state index contributed by atoms with van der Waals surface area (Å²) in [6, 6.07) is 8.59. The molecule has 1 fully saturated rings. The lowest BCUT2D eigenvalue weighted by atomic mass is 10.1. The first-order chi connectivity index (χ1) is 17.8. The number of benzene rings is 1. The van der Waals surface area contributed by atoms with Crippen molar-refractivity contribution in [2.45, 2.75) is 37.9 Å². The maximum Gasteiger partial charge on any atom is 0.412 e. The van der Waals surface area contributed by atoms with Gasteiger partial charge in [-0.3, -0.25) is 4.31 Å². The number of aromatic nitrogens is 1. The summed E-state index contributed by atoms with van der Waals surface area (Å²) in [5.74, 6) is -0.709. The Morgan fingerprint density at radius 2 is 1.95 bits per heavy atom. The lowest BCUT2D eigenvalue weighted by molar-refractivity contribution is 0.0640. The second-order valence-corrected chi connectivity index (χ2v) is 14.6. The number of halogens is 1. The summed E-state index contributed by atoms with van der Waals surface area (Å²) in [6.07, 6.45) is 1.59. The second-order valence-electron chi connectivity index (χ2n) is 9.14. The molecule has 4 rings (SSSR count). The number of sulfone groups is 1. The maximum atomic E-state index is 12.8. The van der Waals surface area contributed by atoms with E-state index in [1.807, 2.05) is 41.6 Å². The van der Waals surface area contributed by atoms with Crippen LogP contribution in [0.2, 0.25) is 0 Å². The lowest BCUT2D eigenvalue weighted by Crippen LogP contribution is -2.33. The summed E-state index contributed by atoms with van der Waals surface area (Å²) >= 11 is 1.90. The third kappa shape index (κ3) is 5.96. The van der Waals surface area contributed by atoms with E-state index < -0.39 is 37.2 Å². The molecule has 38 heavy (non-hydrogen) atoms. The maximum absolute atomic E-state index is 12.8. The number of primary amides is 1. The highest BCUT2D eigenvalue weighted by molar-refractivity contribution is 14.1. The van der Waals surface area contributed by atoms with Crippen molar-refractivity contribution in [1.29, 1.82) is 0 Å². The number of amides is 1. The van der Waals surface area contributed by atoms with Crippen molar-refractivity contribution in [2.24, 2.45) is 5.73 Å². The van der Waals surface area contributed by atoms with Gasteiger partial charge >= 0.3 is 12.1 Å². The largest absolute Gasteiger partial charge is 0.437 e. The number of fused-ring (bicyclic) bond motifs is 1. The molecule has 1 unspecified atom stereocenters. The van der Waals surface area contributed by atoms with Crippen LogP contribution in [0.4, 0.5) is 10.6 Å². The predicted octanol–water partition coefficient (Wildman–Crippen LogP) is 3.77. The van der Waals surface area contributed by atoms with Crippen molar-refractivity contribution in [1.82, 2.24) is 4.98 Å². The van der Waals surface area contributed by atoms with Gasteiger partial charge in [-0.15, -0.1) is 0 Å². The van der Waals surface area contributed by atoms with E-state index in [0.29, 0.717) is 34.8 Å². The molecule has 1 aliphatic rings.